The van der Waals surface area contributed by atoms with Crippen LogP contribution in [0.25, 0.3) is 10.2 Å². The minimum Gasteiger partial charge on any atom is -0.454 e. The molecular formula is C21H19ClN4O3S. The van der Waals surface area contributed by atoms with Crippen LogP contribution in [0.15, 0.2) is 53.2 Å². The molecule has 0 unspecified atom stereocenters. The van der Waals surface area contributed by atoms with Crippen molar-refractivity contribution in [3.05, 3.63) is 70.3 Å². The molecule has 4 aromatic rings. The number of aliphatic hydroxyl groups is 1. The molecule has 0 bridgehead atoms. The third-order valence-corrected chi connectivity index (χ3v) is 6.58. The smallest absolute Gasteiger partial charge is 0.289 e. The van der Waals surface area contributed by atoms with Gasteiger partial charge in [-0.1, -0.05) is 23.7 Å². The second-order valence-electron chi connectivity index (χ2n) is 7.29. The van der Waals surface area contributed by atoms with E-state index in [-0.39, 0.29) is 17.7 Å². The number of thiazole rings is 1. The molecule has 154 valence electrons. The summed E-state index contributed by atoms with van der Waals surface area (Å²) in [5.74, 6) is 0.648. The van der Waals surface area contributed by atoms with Gasteiger partial charge in [-0.25, -0.2) is 4.98 Å². The summed E-state index contributed by atoms with van der Waals surface area (Å²) in [6.07, 6.45) is 3.97. The fourth-order valence-electron chi connectivity index (χ4n) is 3.86. The van der Waals surface area contributed by atoms with Gasteiger partial charge in [0.25, 0.3) is 5.91 Å². The normalized spacial score (nSPS) is 17.7. The molecule has 9 heteroatoms. The number of para-hydroxylation sites is 1. The van der Waals surface area contributed by atoms with Crippen LogP contribution in [0.3, 0.4) is 0 Å². The van der Waals surface area contributed by atoms with Crippen LogP contribution in [0.1, 0.15) is 40.3 Å². The predicted octanol–water partition coefficient (Wildman–Crippen LogP) is 4.13. The number of benzene rings is 1. The number of aromatic nitrogens is 3. The average molecular weight is 443 g/mol. The molecular weight excluding hydrogens is 424 g/mol. The molecule has 3 aromatic heterocycles. The number of rotatable bonds is 5. The number of halogens is 1. The van der Waals surface area contributed by atoms with Gasteiger partial charge in [-0.05, 0) is 37.1 Å². The maximum atomic E-state index is 13.1. The predicted molar refractivity (Wildman–Crippen MR) is 114 cm³/mol. The fraction of sp³-hybridized carbons (Fsp3) is 0.286. The van der Waals surface area contributed by atoms with Crippen molar-refractivity contribution >= 4 is 39.1 Å². The van der Waals surface area contributed by atoms with Crippen LogP contribution < -0.4 is 0 Å². The van der Waals surface area contributed by atoms with Gasteiger partial charge >= 0.3 is 0 Å². The highest BCUT2D eigenvalue weighted by Gasteiger charge is 2.37. The van der Waals surface area contributed by atoms with Crippen molar-refractivity contribution in [2.24, 2.45) is 0 Å². The maximum absolute atomic E-state index is 13.1. The number of fused-ring (bicyclic) bond motifs is 1. The summed E-state index contributed by atoms with van der Waals surface area (Å²) in [4.78, 5) is 19.4. The molecule has 30 heavy (non-hydrogen) atoms. The summed E-state index contributed by atoms with van der Waals surface area (Å²) in [7, 11) is 0. The van der Waals surface area contributed by atoms with Gasteiger partial charge in [-0.3, -0.25) is 9.48 Å². The molecule has 2 atom stereocenters. The lowest BCUT2D eigenvalue weighted by Crippen LogP contribution is -2.39. The third kappa shape index (κ3) is 3.62. The summed E-state index contributed by atoms with van der Waals surface area (Å²) in [6.45, 7) is 0.966. The highest BCUT2D eigenvalue weighted by Crippen LogP contribution is 2.34. The number of aliphatic hydroxyl groups excluding tert-OH is 1. The Morgan fingerprint density at radius 3 is 3.00 bits per heavy atom. The molecule has 5 rings (SSSR count). The molecule has 1 aliphatic rings. The number of likely N-dealkylation sites (tertiary alicyclic amines) is 1. The zero-order valence-electron chi connectivity index (χ0n) is 15.9. The fourth-order valence-corrected chi connectivity index (χ4v) is 5.03. The SMILES string of the molecule is O=C(c1ccc(Cn2cc(Cl)cn2)o1)N1CCC[C@@H]1[C@H](O)c1nc2ccccc2s1. The highest BCUT2D eigenvalue weighted by molar-refractivity contribution is 7.18. The Kier molecular flexibility index (Phi) is 5.06. The Bertz CT molecular complexity index is 1170. The summed E-state index contributed by atoms with van der Waals surface area (Å²) in [5.41, 5.74) is 0.863. The van der Waals surface area contributed by atoms with Gasteiger partial charge in [0.15, 0.2) is 5.76 Å². The van der Waals surface area contributed by atoms with Crippen LogP contribution in [-0.4, -0.2) is 43.3 Å². The van der Waals surface area contributed by atoms with E-state index in [9.17, 15) is 9.90 Å². The van der Waals surface area contributed by atoms with E-state index in [4.69, 9.17) is 16.0 Å². The van der Waals surface area contributed by atoms with Crippen molar-refractivity contribution in [2.75, 3.05) is 6.54 Å². The van der Waals surface area contributed by atoms with E-state index in [1.54, 1.807) is 34.1 Å². The molecule has 1 saturated heterocycles. The van der Waals surface area contributed by atoms with Crippen molar-refractivity contribution in [3.8, 4) is 0 Å². The Labute approximate surface area is 181 Å². The first-order chi connectivity index (χ1) is 14.6. The molecule has 1 aliphatic heterocycles. The van der Waals surface area contributed by atoms with E-state index in [2.05, 4.69) is 10.1 Å². The topological polar surface area (TPSA) is 84.4 Å². The van der Waals surface area contributed by atoms with Gasteiger partial charge in [-0.2, -0.15) is 5.10 Å². The maximum Gasteiger partial charge on any atom is 0.289 e. The molecule has 0 spiro atoms. The Morgan fingerprint density at radius 1 is 1.33 bits per heavy atom. The molecule has 7 nitrogen and oxygen atoms in total. The Balaban J connectivity index is 1.33. The Hall–Kier alpha value is -2.68. The van der Waals surface area contributed by atoms with E-state index in [0.29, 0.717) is 28.9 Å². The van der Waals surface area contributed by atoms with E-state index in [1.165, 1.54) is 11.3 Å². The molecule has 1 aromatic carbocycles. The number of nitrogens with zero attached hydrogens (tertiary/aromatic N) is 4. The van der Waals surface area contributed by atoms with Crippen molar-refractivity contribution in [2.45, 2.75) is 31.5 Å². The van der Waals surface area contributed by atoms with E-state index < -0.39 is 6.10 Å². The summed E-state index contributed by atoms with van der Waals surface area (Å²) in [6, 6.07) is 10.9. The van der Waals surface area contributed by atoms with Crippen LogP contribution in [0.5, 0.6) is 0 Å². The highest BCUT2D eigenvalue weighted by atomic mass is 35.5. The zero-order chi connectivity index (χ0) is 20.7. The molecule has 0 saturated carbocycles. The number of carbonyl (C=O) groups is 1. The number of hydrogen-bond donors (Lipinski definition) is 1. The van der Waals surface area contributed by atoms with Gasteiger partial charge in [0.1, 0.15) is 16.9 Å². The summed E-state index contributed by atoms with van der Waals surface area (Å²) in [5, 5.41) is 16.3. The van der Waals surface area contributed by atoms with Gasteiger partial charge in [-0.15, -0.1) is 11.3 Å². The Morgan fingerprint density at radius 2 is 2.20 bits per heavy atom. The lowest BCUT2D eigenvalue weighted by Gasteiger charge is -2.27. The number of amides is 1. The van der Waals surface area contributed by atoms with Gasteiger partial charge in [0, 0.05) is 12.7 Å². The van der Waals surface area contributed by atoms with Crippen LogP contribution in [0, 0.1) is 0 Å². The molecule has 1 amide bonds. The number of furan rings is 1. The lowest BCUT2D eigenvalue weighted by molar-refractivity contribution is 0.0459. The van der Waals surface area contributed by atoms with Crippen molar-refractivity contribution in [1.29, 1.82) is 0 Å². The van der Waals surface area contributed by atoms with Crippen molar-refractivity contribution in [1.82, 2.24) is 19.7 Å². The minimum absolute atomic E-state index is 0.220. The van der Waals surface area contributed by atoms with E-state index in [1.807, 2.05) is 24.3 Å². The van der Waals surface area contributed by atoms with Gasteiger partial charge in [0.05, 0.1) is 34.0 Å². The third-order valence-electron chi connectivity index (χ3n) is 5.28. The monoisotopic (exact) mass is 442 g/mol. The number of hydrogen-bond acceptors (Lipinski definition) is 6. The van der Waals surface area contributed by atoms with Crippen LogP contribution >= 0.6 is 22.9 Å². The molecule has 4 heterocycles. The van der Waals surface area contributed by atoms with Crippen LogP contribution in [0.2, 0.25) is 5.02 Å². The quantitative estimate of drug-likeness (QED) is 0.502. The minimum atomic E-state index is -0.825. The lowest BCUT2D eigenvalue weighted by atomic mass is 10.1. The van der Waals surface area contributed by atoms with Gasteiger partial charge < -0.3 is 14.4 Å². The van der Waals surface area contributed by atoms with Crippen LogP contribution in [0.4, 0.5) is 0 Å². The van der Waals surface area contributed by atoms with Gasteiger partial charge in [0.2, 0.25) is 0 Å². The molecule has 0 radical (unpaired) electrons. The van der Waals surface area contributed by atoms with Crippen molar-refractivity contribution < 1.29 is 14.3 Å². The summed E-state index contributed by atoms with van der Waals surface area (Å²) >= 11 is 7.35. The molecule has 1 fully saturated rings. The standard InChI is InChI=1S/C21H19ClN4O3S/c22-13-10-23-25(11-13)12-14-7-8-17(29-14)21(28)26-9-3-5-16(26)19(27)20-24-15-4-1-2-6-18(15)30-20/h1-2,4,6-8,10-11,16,19,27H,3,5,9,12H2/t16-,19+/m1/s1. The van der Waals surface area contributed by atoms with E-state index >= 15 is 0 Å². The zero-order valence-corrected chi connectivity index (χ0v) is 17.5. The largest absolute Gasteiger partial charge is 0.454 e. The van der Waals surface area contributed by atoms with Crippen LogP contribution in [-0.2, 0) is 6.54 Å². The average Bonchev–Trinajstić information content (AvgIpc) is 3.53. The van der Waals surface area contributed by atoms with Crippen molar-refractivity contribution in [3.63, 3.8) is 0 Å². The number of carbonyl (C=O) groups excluding carboxylic acids is 1. The first-order valence-corrected chi connectivity index (χ1v) is 10.9. The molecule has 1 N–H and O–H groups in total. The first kappa shape index (κ1) is 19.3. The second kappa shape index (κ2) is 7.86. The summed E-state index contributed by atoms with van der Waals surface area (Å²) < 4.78 is 8.43. The second-order valence-corrected chi connectivity index (χ2v) is 8.79. The van der Waals surface area contributed by atoms with E-state index in [0.717, 1.165) is 23.1 Å². The molecule has 0 aliphatic carbocycles. The first-order valence-electron chi connectivity index (χ1n) is 9.69.